The number of aromatic nitrogens is 4. The van der Waals surface area contributed by atoms with Gasteiger partial charge in [0, 0.05) is 12.7 Å². The lowest BCUT2D eigenvalue weighted by Gasteiger charge is -2.06. The highest BCUT2D eigenvalue weighted by Crippen LogP contribution is 2.24. The van der Waals surface area contributed by atoms with Crippen molar-refractivity contribution in [2.24, 2.45) is 0 Å². The maximum absolute atomic E-state index is 12.6. The van der Waals surface area contributed by atoms with Crippen LogP contribution in [0.25, 0.3) is 0 Å². The number of rotatable bonds is 6. The predicted molar refractivity (Wildman–Crippen MR) is 96.2 cm³/mol. The molecule has 1 aromatic carbocycles. The molecule has 25 heavy (non-hydrogen) atoms. The Morgan fingerprint density at radius 1 is 1.24 bits per heavy atom. The Hall–Kier alpha value is -2.32. The maximum atomic E-state index is 12.6. The Labute approximate surface area is 151 Å². The fraction of sp³-hybridized carbons (Fsp3) is 0.250. The van der Waals surface area contributed by atoms with Crippen molar-refractivity contribution < 1.29 is 8.42 Å². The minimum absolute atomic E-state index is 0.0984. The van der Waals surface area contributed by atoms with Crippen LogP contribution in [0.1, 0.15) is 18.2 Å². The van der Waals surface area contributed by atoms with Gasteiger partial charge in [0.25, 0.3) is 10.0 Å². The first-order valence-corrected chi connectivity index (χ1v) is 9.59. The third kappa shape index (κ3) is 3.69. The van der Waals surface area contributed by atoms with E-state index in [1.54, 1.807) is 22.5 Å². The lowest BCUT2D eigenvalue weighted by molar-refractivity contribution is 0.598. The van der Waals surface area contributed by atoms with Crippen molar-refractivity contribution in [1.82, 2.24) is 19.6 Å². The maximum Gasteiger partial charge on any atom is 0.266 e. The van der Waals surface area contributed by atoms with Gasteiger partial charge < -0.3 is 0 Å². The van der Waals surface area contributed by atoms with Gasteiger partial charge in [-0.15, -0.1) is 0 Å². The summed E-state index contributed by atoms with van der Waals surface area (Å²) in [6, 6.07) is 9.71. The molecule has 3 rings (SSSR count). The zero-order chi connectivity index (χ0) is 18.0. The molecule has 0 atom stereocenters. The van der Waals surface area contributed by atoms with Crippen LogP contribution in [-0.4, -0.2) is 28.0 Å². The number of halogens is 1. The van der Waals surface area contributed by atoms with E-state index < -0.39 is 10.0 Å². The molecule has 0 bridgehead atoms. The van der Waals surface area contributed by atoms with Crippen molar-refractivity contribution in [3.63, 3.8) is 0 Å². The van der Waals surface area contributed by atoms with Crippen LogP contribution in [-0.2, 0) is 23.1 Å². The second-order valence-electron chi connectivity index (χ2n) is 5.52. The van der Waals surface area contributed by atoms with Gasteiger partial charge in [-0.3, -0.25) is 14.1 Å². The molecule has 7 nitrogen and oxygen atoms in total. The van der Waals surface area contributed by atoms with Crippen LogP contribution in [0.4, 0.5) is 5.82 Å². The van der Waals surface area contributed by atoms with Gasteiger partial charge in [0.2, 0.25) is 0 Å². The molecule has 0 fully saturated rings. The third-order valence-electron chi connectivity index (χ3n) is 3.78. The minimum Gasteiger partial charge on any atom is -0.269 e. The van der Waals surface area contributed by atoms with Gasteiger partial charge in [-0.25, -0.2) is 8.42 Å². The normalized spacial score (nSPS) is 11.6. The average molecular weight is 380 g/mol. The number of aryl methyl sites for hydroxylation is 1. The largest absolute Gasteiger partial charge is 0.269 e. The molecule has 132 valence electrons. The monoisotopic (exact) mass is 379 g/mol. The van der Waals surface area contributed by atoms with E-state index >= 15 is 0 Å². The molecule has 0 aliphatic heterocycles. The number of sulfonamides is 1. The number of nitrogens with zero attached hydrogens (tertiary/aromatic N) is 4. The van der Waals surface area contributed by atoms with Gasteiger partial charge in [-0.2, -0.15) is 10.2 Å². The third-order valence-corrected chi connectivity index (χ3v) is 5.50. The molecule has 1 N–H and O–H groups in total. The highest BCUT2D eigenvalue weighted by molar-refractivity contribution is 7.92. The summed E-state index contributed by atoms with van der Waals surface area (Å²) in [6.07, 6.45) is 2.92. The van der Waals surface area contributed by atoms with Crippen molar-refractivity contribution in [1.29, 1.82) is 0 Å². The molecule has 0 saturated carbocycles. The average Bonchev–Trinajstić information content (AvgIpc) is 3.11. The summed E-state index contributed by atoms with van der Waals surface area (Å²) < 4.78 is 30.9. The van der Waals surface area contributed by atoms with Crippen LogP contribution >= 0.6 is 11.6 Å². The van der Waals surface area contributed by atoms with Gasteiger partial charge in [0.05, 0.1) is 18.4 Å². The molecular weight excluding hydrogens is 362 g/mol. The number of benzene rings is 1. The number of nitrogens with one attached hydrogen (secondary N) is 1. The Morgan fingerprint density at radius 3 is 2.60 bits per heavy atom. The zero-order valence-electron chi connectivity index (χ0n) is 13.8. The van der Waals surface area contributed by atoms with E-state index in [0.29, 0.717) is 18.8 Å². The van der Waals surface area contributed by atoms with Gasteiger partial charge >= 0.3 is 0 Å². The van der Waals surface area contributed by atoms with Crippen molar-refractivity contribution in [3.05, 3.63) is 59.0 Å². The molecule has 0 saturated heterocycles. The molecule has 0 amide bonds. The molecule has 0 unspecified atom stereocenters. The molecule has 0 spiro atoms. The summed E-state index contributed by atoms with van der Waals surface area (Å²) in [5.74, 6) is 0.0984. The van der Waals surface area contributed by atoms with Crippen molar-refractivity contribution in [3.8, 4) is 0 Å². The van der Waals surface area contributed by atoms with E-state index in [1.807, 2.05) is 37.3 Å². The Balaban J connectivity index is 1.84. The molecule has 9 heteroatoms. The van der Waals surface area contributed by atoms with E-state index in [-0.39, 0.29) is 15.7 Å². The van der Waals surface area contributed by atoms with Crippen LogP contribution in [0.3, 0.4) is 0 Å². The summed E-state index contributed by atoms with van der Waals surface area (Å²) in [4.78, 5) is 0.114. The standard InChI is InChI=1S/C16H18ClN5O2S/c1-3-22-12(2)15(9-18-22)25(23,24)20-16-14(17)11-21(19-16)10-13-7-5-4-6-8-13/h4-9,11H,3,10H2,1-2H3,(H,19,20). The fourth-order valence-corrected chi connectivity index (χ4v) is 3.96. The Kier molecular flexibility index (Phi) is 4.82. The number of hydrogen-bond acceptors (Lipinski definition) is 4. The van der Waals surface area contributed by atoms with Crippen molar-refractivity contribution in [2.75, 3.05) is 4.72 Å². The summed E-state index contributed by atoms with van der Waals surface area (Å²) >= 11 is 6.15. The Morgan fingerprint density at radius 2 is 1.96 bits per heavy atom. The molecule has 0 aliphatic carbocycles. The van der Waals surface area contributed by atoms with Crippen LogP contribution < -0.4 is 4.72 Å². The molecule has 0 aliphatic rings. The first-order chi connectivity index (χ1) is 11.9. The highest BCUT2D eigenvalue weighted by atomic mass is 35.5. The topological polar surface area (TPSA) is 81.8 Å². The predicted octanol–water partition coefficient (Wildman–Crippen LogP) is 2.91. The summed E-state index contributed by atoms with van der Waals surface area (Å²) in [7, 11) is -3.81. The first-order valence-electron chi connectivity index (χ1n) is 7.73. The SMILES string of the molecule is CCn1ncc(S(=O)(=O)Nc2nn(Cc3ccccc3)cc2Cl)c1C. The molecule has 3 aromatic rings. The number of hydrogen-bond donors (Lipinski definition) is 1. The summed E-state index contributed by atoms with van der Waals surface area (Å²) in [6.45, 7) is 4.69. The first kappa shape index (κ1) is 17.5. The highest BCUT2D eigenvalue weighted by Gasteiger charge is 2.23. The van der Waals surface area contributed by atoms with Gasteiger partial charge in [0.1, 0.15) is 9.92 Å². The summed E-state index contributed by atoms with van der Waals surface area (Å²) in [5, 5.41) is 8.54. The fourth-order valence-electron chi connectivity index (χ4n) is 2.51. The second kappa shape index (κ2) is 6.89. The quantitative estimate of drug-likeness (QED) is 0.713. The number of anilines is 1. The lowest BCUT2D eigenvalue weighted by Crippen LogP contribution is -2.15. The van der Waals surface area contributed by atoms with Gasteiger partial charge in [-0.05, 0) is 19.4 Å². The minimum atomic E-state index is -3.81. The van der Waals surface area contributed by atoms with Crippen molar-refractivity contribution in [2.45, 2.75) is 31.8 Å². The second-order valence-corrected chi connectivity index (χ2v) is 7.58. The van der Waals surface area contributed by atoms with Crippen LogP contribution in [0, 0.1) is 6.92 Å². The smallest absolute Gasteiger partial charge is 0.266 e. The van der Waals surface area contributed by atoms with Crippen LogP contribution in [0.2, 0.25) is 5.02 Å². The van der Waals surface area contributed by atoms with E-state index in [4.69, 9.17) is 11.6 Å². The van der Waals surface area contributed by atoms with Gasteiger partial charge in [-0.1, -0.05) is 41.9 Å². The van der Waals surface area contributed by atoms with E-state index in [0.717, 1.165) is 5.56 Å². The molecule has 0 radical (unpaired) electrons. The van der Waals surface area contributed by atoms with E-state index in [1.165, 1.54) is 6.20 Å². The molecular formula is C16H18ClN5O2S. The molecule has 2 aromatic heterocycles. The Bertz CT molecular complexity index is 979. The van der Waals surface area contributed by atoms with Crippen LogP contribution in [0.5, 0.6) is 0 Å². The van der Waals surface area contributed by atoms with E-state index in [9.17, 15) is 8.42 Å². The lowest BCUT2D eigenvalue weighted by atomic mass is 10.2. The van der Waals surface area contributed by atoms with Crippen molar-refractivity contribution >= 4 is 27.4 Å². The van der Waals surface area contributed by atoms with E-state index in [2.05, 4.69) is 14.9 Å². The summed E-state index contributed by atoms with van der Waals surface area (Å²) in [5.41, 5.74) is 1.60. The molecule has 2 heterocycles. The zero-order valence-corrected chi connectivity index (χ0v) is 15.4. The van der Waals surface area contributed by atoms with Gasteiger partial charge in [0.15, 0.2) is 5.82 Å². The van der Waals surface area contributed by atoms with Crippen LogP contribution in [0.15, 0.2) is 47.6 Å².